The molecule has 0 bridgehead atoms. The molecule has 1 aromatic rings. The highest BCUT2D eigenvalue weighted by molar-refractivity contribution is 5.02. The maximum atomic E-state index is 9.43. The minimum atomic E-state index is -0.548. The van der Waals surface area contributed by atoms with Crippen LogP contribution in [-0.2, 0) is 10.3 Å². The maximum absolute atomic E-state index is 9.43. The minimum Gasteiger partial charge on any atom is -0.392 e. The third kappa shape index (κ3) is 2.65. The fourth-order valence-corrected chi connectivity index (χ4v) is 1.95. The number of aliphatic hydroxyl groups is 1. The number of nitrogens with zero attached hydrogens (tertiary/aromatic N) is 2. The van der Waals surface area contributed by atoms with Gasteiger partial charge >= 0.3 is 0 Å². The van der Waals surface area contributed by atoms with Gasteiger partial charge in [-0.25, -0.2) is 0 Å². The zero-order valence-electron chi connectivity index (χ0n) is 10.4. The van der Waals surface area contributed by atoms with E-state index in [-0.39, 0.29) is 12.1 Å². The fraction of sp³-hybridized carbons (Fsp3) is 0.818. The van der Waals surface area contributed by atoms with Crippen LogP contribution in [0.15, 0.2) is 4.52 Å². The minimum absolute atomic E-state index is 0.0522. The van der Waals surface area contributed by atoms with Crippen molar-refractivity contribution in [1.29, 1.82) is 0 Å². The summed E-state index contributed by atoms with van der Waals surface area (Å²) in [7, 11) is 0. The lowest BCUT2D eigenvalue weighted by molar-refractivity contribution is -0.0221. The van der Waals surface area contributed by atoms with E-state index in [0.29, 0.717) is 31.3 Å². The van der Waals surface area contributed by atoms with Crippen LogP contribution in [0.4, 0.5) is 0 Å². The summed E-state index contributed by atoms with van der Waals surface area (Å²) in [6.07, 6.45) is 0.270. The van der Waals surface area contributed by atoms with Gasteiger partial charge in [-0.2, -0.15) is 4.98 Å². The van der Waals surface area contributed by atoms with Gasteiger partial charge in [0.2, 0.25) is 11.7 Å². The second kappa shape index (κ2) is 4.72. The van der Waals surface area contributed by atoms with Crippen molar-refractivity contribution < 1.29 is 14.4 Å². The smallest absolute Gasteiger partial charge is 0.243 e. The number of β-amino-alcohol motifs (C(OH)–C–C–N with tert-alkyl or cyclic N) is 1. The molecule has 0 unspecified atom stereocenters. The molecule has 1 fully saturated rings. The Morgan fingerprint density at radius 1 is 1.59 bits per heavy atom. The zero-order chi connectivity index (χ0) is 12.5. The molecule has 2 heterocycles. The molecule has 2 rings (SSSR count). The summed E-state index contributed by atoms with van der Waals surface area (Å²) in [5.41, 5.74) is -0.548. The van der Waals surface area contributed by atoms with Crippen LogP contribution in [0.2, 0.25) is 0 Å². The van der Waals surface area contributed by atoms with E-state index in [2.05, 4.69) is 15.5 Å². The Balaban J connectivity index is 2.10. The molecule has 1 saturated heterocycles. The van der Waals surface area contributed by atoms with E-state index < -0.39 is 5.60 Å². The first-order valence-electron chi connectivity index (χ1n) is 5.92. The van der Waals surface area contributed by atoms with Gasteiger partial charge in [-0.05, 0) is 27.2 Å². The summed E-state index contributed by atoms with van der Waals surface area (Å²) in [6, 6.07) is -0.0522. The molecular formula is C11H19N3O3. The Morgan fingerprint density at radius 2 is 2.35 bits per heavy atom. The zero-order valence-corrected chi connectivity index (χ0v) is 10.4. The van der Waals surface area contributed by atoms with Crippen LogP contribution in [-0.4, -0.2) is 34.5 Å². The van der Waals surface area contributed by atoms with E-state index in [1.54, 1.807) is 0 Å². The van der Waals surface area contributed by atoms with Gasteiger partial charge in [0.25, 0.3) is 0 Å². The average Bonchev–Trinajstić information content (AvgIpc) is 2.85. The Bertz CT molecular complexity index is 378. The van der Waals surface area contributed by atoms with Crippen LogP contribution in [0.3, 0.4) is 0 Å². The van der Waals surface area contributed by atoms with E-state index in [0.717, 1.165) is 0 Å². The van der Waals surface area contributed by atoms with E-state index in [9.17, 15) is 5.11 Å². The third-order valence-corrected chi connectivity index (χ3v) is 2.89. The molecule has 0 aromatic carbocycles. The molecule has 6 heteroatoms. The van der Waals surface area contributed by atoms with Gasteiger partial charge in [0.1, 0.15) is 5.60 Å². The summed E-state index contributed by atoms with van der Waals surface area (Å²) >= 11 is 0. The first kappa shape index (κ1) is 12.5. The van der Waals surface area contributed by atoms with Gasteiger partial charge in [-0.3, -0.25) is 0 Å². The Hall–Kier alpha value is -0.980. The predicted octanol–water partition coefficient (Wildman–Crippen LogP) is 0.736. The first-order chi connectivity index (χ1) is 8.03. The van der Waals surface area contributed by atoms with Gasteiger partial charge < -0.3 is 19.7 Å². The number of nitrogens with one attached hydrogen (secondary N) is 1. The van der Waals surface area contributed by atoms with E-state index in [1.165, 1.54) is 0 Å². The molecule has 0 aliphatic carbocycles. The lowest BCUT2D eigenvalue weighted by atomic mass is 10.1. The molecule has 0 spiro atoms. The molecule has 1 aliphatic heterocycles. The van der Waals surface area contributed by atoms with Crippen LogP contribution < -0.4 is 5.32 Å². The SMILES string of the molecule is CCOC(C)(C)c1noc([C@H]2C[C@@H](O)CN2)n1. The largest absolute Gasteiger partial charge is 0.392 e. The van der Waals surface area contributed by atoms with Crippen molar-refractivity contribution in [2.75, 3.05) is 13.2 Å². The Labute approximate surface area is 100 Å². The molecule has 2 N–H and O–H groups in total. The van der Waals surface area contributed by atoms with Crippen molar-refractivity contribution in [3.8, 4) is 0 Å². The van der Waals surface area contributed by atoms with Crippen molar-refractivity contribution in [3.63, 3.8) is 0 Å². The number of aromatic nitrogens is 2. The number of ether oxygens (including phenoxy) is 1. The summed E-state index contributed by atoms with van der Waals surface area (Å²) in [5, 5.41) is 16.5. The highest BCUT2D eigenvalue weighted by Crippen LogP contribution is 2.26. The Morgan fingerprint density at radius 3 is 2.94 bits per heavy atom. The summed E-state index contributed by atoms with van der Waals surface area (Å²) in [5.74, 6) is 1.06. The molecule has 96 valence electrons. The molecule has 2 atom stereocenters. The van der Waals surface area contributed by atoms with E-state index in [4.69, 9.17) is 9.26 Å². The van der Waals surface area contributed by atoms with Gasteiger partial charge in [-0.1, -0.05) is 5.16 Å². The lowest BCUT2D eigenvalue weighted by Gasteiger charge is -2.19. The lowest BCUT2D eigenvalue weighted by Crippen LogP contribution is -2.23. The van der Waals surface area contributed by atoms with Crippen LogP contribution in [0.5, 0.6) is 0 Å². The van der Waals surface area contributed by atoms with Gasteiger partial charge in [0.05, 0.1) is 12.1 Å². The number of hydrogen-bond acceptors (Lipinski definition) is 6. The predicted molar refractivity (Wildman–Crippen MR) is 60.3 cm³/mol. The summed E-state index contributed by atoms with van der Waals surface area (Å²) in [6.45, 7) is 6.90. The van der Waals surface area contributed by atoms with Gasteiger partial charge in [0, 0.05) is 13.2 Å². The van der Waals surface area contributed by atoms with Crippen LogP contribution >= 0.6 is 0 Å². The fourth-order valence-electron chi connectivity index (χ4n) is 1.95. The normalized spacial score (nSPS) is 25.4. The van der Waals surface area contributed by atoms with E-state index >= 15 is 0 Å². The van der Waals surface area contributed by atoms with Gasteiger partial charge in [-0.15, -0.1) is 0 Å². The second-order valence-electron chi connectivity index (χ2n) is 4.75. The third-order valence-electron chi connectivity index (χ3n) is 2.89. The Kier molecular flexibility index (Phi) is 3.46. The van der Waals surface area contributed by atoms with Crippen LogP contribution in [0.1, 0.15) is 44.9 Å². The van der Waals surface area contributed by atoms with Crippen molar-refractivity contribution in [2.45, 2.75) is 44.9 Å². The maximum Gasteiger partial charge on any atom is 0.243 e. The summed E-state index contributed by atoms with van der Waals surface area (Å²) in [4.78, 5) is 4.34. The second-order valence-corrected chi connectivity index (χ2v) is 4.75. The molecule has 0 amide bonds. The highest BCUT2D eigenvalue weighted by atomic mass is 16.5. The molecule has 17 heavy (non-hydrogen) atoms. The van der Waals surface area contributed by atoms with E-state index in [1.807, 2.05) is 20.8 Å². The number of rotatable bonds is 4. The number of hydrogen-bond donors (Lipinski definition) is 2. The molecule has 1 aromatic heterocycles. The molecule has 1 aliphatic rings. The topological polar surface area (TPSA) is 80.4 Å². The first-order valence-corrected chi connectivity index (χ1v) is 5.92. The molecule has 0 saturated carbocycles. The molecular weight excluding hydrogens is 222 g/mol. The quantitative estimate of drug-likeness (QED) is 0.809. The van der Waals surface area contributed by atoms with Crippen molar-refractivity contribution in [1.82, 2.24) is 15.5 Å². The summed E-state index contributed by atoms with van der Waals surface area (Å²) < 4.78 is 10.8. The standard InChI is InChI=1S/C11H19N3O3/c1-4-16-11(2,3)10-13-9(17-14-10)8-5-7(15)6-12-8/h7-8,12,15H,4-6H2,1-3H3/t7-,8-/m1/s1. The van der Waals surface area contributed by atoms with Crippen LogP contribution in [0, 0.1) is 0 Å². The highest BCUT2D eigenvalue weighted by Gasteiger charge is 2.32. The molecule has 0 radical (unpaired) electrons. The van der Waals surface area contributed by atoms with Crippen molar-refractivity contribution in [3.05, 3.63) is 11.7 Å². The monoisotopic (exact) mass is 241 g/mol. The van der Waals surface area contributed by atoms with Gasteiger partial charge in [0.15, 0.2) is 0 Å². The number of aliphatic hydroxyl groups excluding tert-OH is 1. The molecule has 6 nitrogen and oxygen atoms in total. The average molecular weight is 241 g/mol. The van der Waals surface area contributed by atoms with Crippen molar-refractivity contribution >= 4 is 0 Å². The van der Waals surface area contributed by atoms with Crippen molar-refractivity contribution in [2.24, 2.45) is 0 Å². The van der Waals surface area contributed by atoms with Crippen LogP contribution in [0.25, 0.3) is 0 Å².